The Bertz CT molecular complexity index is 480. The second kappa shape index (κ2) is 28.4. The third-order valence-electron chi connectivity index (χ3n) is 5.44. The van der Waals surface area contributed by atoms with Crippen molar-refractivity contribution in [2.45, 2.75) is 129 Å². The molecule has 9 heteroatoms. The summed E-state index contributed by atoms with van der Waals surface area (Å²) >= 11 is 0. The van der Waals surface area contributed by atoms with Crippen LogP contribution in [0.5, 0.6) is 0 Å². The van der Waals surface area contributed by atoms with Crippen molar-refractivity contribution in [1.29, 1.82) is 0 Å². The summed E-state index contributed by atoms with van der Waals surface area (Å²) in [6, 6.07) is -1.39. The van der Waals surface area contributed by atoms with Gasteiger partial charge in [-0.3, -0.25) is 0 Å². The molecule has 1 amide bonds. The molecule has 1 unspecified atom stereocenters. The van der Waals surface area contributed by atoms with Gasteiger partial charge in [-0.15, -0.1) is 0 Å². The van der Waals surface area contributed by atoms with Crippen LogP contribution in [-0.2, 0) is 14.3 Å². The van der Waals surface area contributed by atoms with E-state index in [1.807, 2.05) is 0 Å². The SMILES string of the molecule is CCCCCCCCCCCCCCCCCCOC(=O)NC(CCC(=O)[O-])C(=O)[O-].[Na+].[Na+]. The van der Waals surface area contributed by atoms with Crippen molar-refractivity contribution in [1.82, 2.24) is 5.32 Å². The monoisotopic (exact) mass is 487 g/mol. The summed E-state index contributed by atoms with van der Waals surface area (Å²) < 4.78 is 4.94. The molecule has 0 aromatic carbocycles. The first-order valence-corrected chi connectivity index (χ1v) is 12.3. The van der Waals surface area contributed by atoms with Gasteiger partial charge in [0.1, 0.15) is 0 Å². The van der Waals surface area contributed by atoms with E-state index in [0.29, 0.717) is 0 Å². The fourth-order valence-corrected chi connectivity index (χ4v) is 3.51. The minimum absolute atomic E-state index is 0. The van der Waals surface area contributed by atoms with Gasteiger partial charge >= 0.3 is 65.2 Å². The molecule has 7 nitrogen and oxygen atoms in total. The summed E-state index contributed by atoms with van der Waals surface area (Å²) in [4.78, 5) is 32.9. The quantitative estimate of drug-likeness (QED) is 0.135. The maximum Gasteiger partial charge on any atom is 1.00 e. The normalized spacial score (nSPS) is 11.1. The fourth-order valence-electron chi connectivity index (χ4n) is 3.51. The second-order valence-electron chi connectivity index (χ2n) is 8.37. The van der Waals surface area contributed by atoms with E-state index in [1.165, 1.54) is 83.5 Å². The third-order valence-corrected chi connectivity index (χ3v) is 5.44. The molecule has 0 radical (unpaired) electrons. The van der Waals surface area contributed by atoms with Crippen LogP contribution in [0.1, 0.15) is 122 Å². The van der Waals surface area contributed by atoms with Crippen molar-refractivity contribution in [3.8, 4) is 0 Å². The first-order chi connectivity index (χ1) is 15.0. The van der Waals surface area contributed by atoms with Crippen LogP contribution in [0.2, 0.25) is 0 Å². The average molecular weight is 488 g/mol. The second-order valence-corrected chi connectivity index (χ2v) is 8.37. The van der Waals surface area contributed by atoms with Crippen LogP contribution in [0.4, 0.5) is 4.79 Å². The Kier molecular flexibility index (Phi) is 32.5. The van der Waals surface area contributed by atoms with Gasteiger partial charge in [-0.1, -0.05) is 103 Å². The van der Waals surface area contributed by atoms with Crippen LogP contribution in [-0.4, -0.2) is 30.7 Å². The van der Waals surface area contributed by atoms with Crippen molar-refractivity contribution in [3.63, 3.8) is 0 Å². The number of carboxylic acid groups (broad SMARTS) is 2. The zero-order valence-corrected chi connectivity index (χ0v) is 25.5. The molecule has 0 aliphatic carbocycles. The van der Waals surface area contributed by atoms with E-state index in [9.17, 15) is 24.6 Å². The van der Waals surface area contributed by atoms with E-state index >= 15 is 0 Å². The number of carbonyl (C=O) groups excluding carboxylic acids is 3. The van der Waals surface area contributed by atoms with Crippen LogP contribution in [0, 0.1) is 0 Å². The summed E-state index contributed by atoms with van der Waals surface area (Å²) in [5, 5.41) is 23.4. The maximum atomic E-state index is 11.6. The average Bonchev–Trinajstić information content (AvgIpc) is 2.73. The number of hydrogen-bond acceptors (Lipinski definition) is 6. The number of aliphatic carboxylic acids is 2. The van der Waals surface area contributed by atoms with Crippen molar-refractivity contribution in [3.05, 3.63) is 0 Å². The summed E-state index contributed by atoms with van der Waals surface area (Å²) in [6.07, 6.45) is 18.5. The van der Waals surface area contributed by atoms with Gasteiger partial charge in [0.25, 0.3) is 0 Å². The van der Waals surface area contributed by atoms with Crippen molar-refractivity contribution >= 4 is 18.0 Å². The molecule has 0 spiro atoms. The molecular formula is C24H43NNa2O6. The Labute approximate surface area is 245 Å². The predicted octanol–water partition coefficient (Wildman–Crippen LogP) is -2.37. The van der Waals surface area contributed by atoms with Gasteiger partial charge in [-0.05, 0) is 19.3 Å². The minimum atomic E-state index is -1.54. The first kappa shape index (κ1) is 37.8. The molecule has 0 rings (SSSR count). The smallest absolute Gasteiger partial charge is 0.550 e. The Morgan fingerprint density at radius 3 is 1.45 bits per heavy atom. The van der Waals surface area contributed by atoms with Crippen LogP contribution in [0.15, 0.2) is 0 Å². The van der Waals surface area contributed by atoms with E-state index in [2.05, 4.69) is 12.2 Å². The maximum absolute atomic E-state index is 11.6. The molecule has 0 fully saturated rings. The molecule has 0 bridgehead atoms. The topological polar surface area (TPSA) is 119 Å². The molecule has 0 aliphatic heterocycles. The summed E-state index contributed by atoms with van der Waals surface area (Å²) in [5.74, 6) is -2.92. The van der Waals surface area contributed by atoms with E-state index in [-0.39, 0.29) is 72.1 Å². The standard InChI is InChI=1S/C24H45NO6.2Na/c1-2-3-4-5-6-7-8-9-10-11-12-13-14-15-16-17-20-31-24(30)25-21(23(28)29)18-19-22(26)27;;/h21H,2-20H2,1H3,(H,25,30)(H,26,27)(H,28,29);;/q;2*+1/p-2. The summed E-state index contributed by atoms with van der Waals surface area (Å²) in [7, 11) is 0. The molecule has 0 aromatic heterocycles. The number of amides is 1. The Hall–Kier alpha value is 0.210. The van der Waals surface area contributed by atoms with Crippen molar-refractivity contribution in [2.24, 2.45) is 0 Å². The number of alkyl carbamates (subject to hydrolysis) is 1. The summed E-state index contributed by atoms with van der Waals surface area (Å²) in [6.45, 7) is 2.46. The Balaban J connectivity index is -0.00000450. The Morgan fingerprint density at radius 2 is 1.09 bits per heavy atom. The predicted molar refractivity (Wildman–Crippen MR) is 117 cm³/mol. The Morgan fingerprint density at radius 1 is 0.697 bits per heavy atom. The van der Waals surface area contributed by atoms with Crippen molar-refractivity contribution in [2.75, 3.05) is 6.61 Å². The number of hydrogen-bond donors (Lipinski definition) is 1. The molecule has 0 heterocycles. The fraction of sp³-hybridized carbons (Fsp3) is 0.875. The van der Waals surface area contributed by atoms with Gasteiger partial charge in [-0.25, -0.2) is 4.79 Å². The number of ether oxygens (including phenoxy) is 1. The third kappa shape index (κ3) is 28.3. The van der Waals surface area contributed by atoms with E-state index in [4.69, 9.17) is 4.74 Å². The van der Waals surface area contributed by atoms with Gasteiger partial charge in [-0.2, -0.15) is 0 Å². The number of carboxylic acids is 2. The molecule has 0 saturated heterocycles. The molecule has 0 saturated carbocycles. The largest absolute Gasteiger partial charge is 1.00 e. The molecule has 1 atom stereocenters. The summed E-state index contributed by atoms with van der Waals surface area (Å²) in [5.41, 5.74) is 0. The van der Waals surface area contributed by atoms with Crippen LogP contribution in [0.25, 0.3) is 0 Å². The minimum Gasteiger partial charge on any atom is -0.550 e. The van der Waals surface area contributed by atoms with Gasteiger partial charge in [0, 0.05) is 5.97 Å². The van der Waals surface area contributed by atoms with Crippen LogP contribution < -0.4 is 74.6 Å². The van der Waals surface area contributed by atoms with E-state index in [1.54, 1.807) is 0 Å². The van der Waals surface area contributed by atoms with Gasteiger partial charge in [0.05, 0.1) is 18.6 Å². The molecule has 0 aromatic rings. The molecule has 0 aliphatic rings. The van der Waals surface area contributed by atoms with Crippen LogP contribution >= 0.6 is 0 Å². The number of unbranched alkanes of at least 4 members (excludes halogenated alkanes) is 15. The zero-order chi connectivity index (χ0) is 23.2. The number of carbonyl (C=O) groups is 3. The zero-order valence-electron chi connectivity index (χ0n) is 21.5. The number of rotatable bonds is 22. The molecular weight excluding hydrogens is 444 g/mol. The molecule has 33 heavy (non-hydrogen) atoms. The number of nitrogens with one attached hydrogen (secondary N) is 1. The van der Waals surface area contributed by atoms with Gasteiger partial charge in [0.15, 0.2) is 0 Å². The van der Waals surface area contributed by atoms with Gasteiger partial charge < -0.3 is 29.9 Å². The van der Waals surface area contributed by atoms with Crippen LogP contribution in [0.3, 0.4) is 0 Å². The molecule has 1 N–H and O–H groups in total. The van der Waals surface area contributed by atoms with Crippen molar-refractivity contribution < 1.29 is 88.4 Å². The first-order valence-electron chi connectivity index (χ1n) is 12.3. The van der Waals surface area contributed by atoms with E-state index in [0.717, 1.165) is 19.3 Å². The van der Waals surface area contributed by atoms with E-state index < -0.39 is 30.5 Å². The molecule has 182 valence electrons. The van der Waals surface area contributed by atoms with Gasteiger partial charge in [0.2, 0.25) is 0 Å².